The number of aromatic carboxylic acids is 1. The fourth-order valence-electron chi connectivity index (χ4n) is 4.19. The van der Waals surface area contributed by atoms with Crippen molar-refractivity contribution < 1.29 is 27.7 Å². The molecule has 4 rings (SSSR count). The van der Waals surface area contributed by atoms with Crippen molar-refractivity contribution in [1.82, 2.24) is 4.57 Å². The minimum atomic E-state index is -3.70. The summed E-state index contributed by atoms with van der Waals surface area (Å²) in [5, 5.41) is 17.6. The summed E-state index contributed by atoms with van der Waals surface area (Å²) >= 11 is 7.16. The molecule has 0 saturated carbocycles. The molecule has 1 saturated heterocycles. The summed E-state index contributed by atoms with van der Waals surface area (Å²) in [6.45, 7) is 0.936. The Morgan fingerprint density at radius 2 is 1.79 bits per heavy atom. The van der Waals surface area contributed by atoms with Crippen LogP contribution in [0.4, 0.5) is 0 Å². The SMILES string of the molecule is Cn1c(C(=O)O)cs/c1=N\[N+]1(C(=O)CCS(=O)(=O)c2ccc3cc(Cl)ccc3c2)CCCCC1. The molecule has 0 radical (unpaired) electrons. The highest BCUT2D eigenvalue weighted by Crippen LogP contribution is 2.25. The summed E-state index contributed by atoms with van der Waals surface area (Å²) in [4.78, 5) is 25.3. The Labute approximate surface area is 206 Å². The lowest BCUT2D eigenvalue weighted by atomic mass is 10.1. The third-order valence-corrected chi connectivity index (χ3v) is 9.01. The minimum Gasteiger partial charge on any atom is -0.477 e. The van der Waals surface area contributed by atoms with Gasteiger partial charge >= 0.3 is 11.9 Å². The van der Waals surface area contributed by atoms with Gasteiger partial charge in [-0.3, -0.25) is 0 Å². The monoisotopic (exact) mass is 522 g/mol. The normalized spacial score (nSPS) is 16.6. The van der Waals surface area contributed by atoms with Crippen LogP contribution in [0.1, 0.15) is 36.2 Å². The van der Waals surface area contributed by atoms with Crippen molar-refractivity contribution in [2.45, 2.75) is 30.6 Å². The molecule has 1 amide bonds. The topological polar surface area (TPSA) is 106 Å². The van der Waals surface area contributed by atoms with Crippen LogP contribution < -0.4 is 4.80 Å². The first-order valence-corrected chi connectivity index (χ1v) is 13.8. The zero-order valence-electron chi connectivity index (χ0n) is 18.6. The molecule has 3 aromatic rings. The fraction of sp³-hybridized carbons (Fsp3) is 0.348. The van der Waals surface area contributed by atoms with Crippen LogP contribution in [0, 0.1) is 0 Å². The number of halogens is 1. The molecule has 1 aliphatic rings. The molecule has 2 heterocycles. The van der Waals surface area contributed by atoms with E-state index in [9.17, 15) is 23.1 Å². The van der Waals surface area contributed by atoms with E-state index in [1.54, 1.807) is 37.4 Å². The maximum Gasteiger partial charge on any atom is 0.353 e. The predicted molar refractivity (Wildman–Crippen MR) is 130 cm³/mol. The van der Waals surface area contributed by atoms with Gasteiger partial charge in [0.05, 0.1) is 17.1 Å². The quantitative estimate of drug-likeness (QED) is 0.496. The van der Waals surface area contributed by atoms with Gasteiger partial charge < -0.3 is 9.67 Å². The Kier molecular flexibility index (Phi) is 6.95. The number of rotatable bonds is 6. The average molecular weight is 523 g/mol. The number of fused-ring (bicyclic) bond motifs is 1. The molecule has 0 bridgehead atoms. The highest BCUT2D eigenvalue weighted by atomic mass is 35.5. The third-order valence-electron chi connectivity index (χ3n) is 6.16. The van der Waals surface area contributed by atoms with Crippen molar-refractivity contribution in [3.05, 3.63) is 57.3 Å². The van der Waals surface area contributed by atoms with Crippen LogP contribution in [0.5, 0.6) is 0 Å². The van der Waals surface area contributed by atoms with Crippen LogP contribution in [0.15, 0.2) is 51.8 Å². The molecule has 1 fully saturated rings. The Morgan fingerprint density at radius 3 is 2.47 bits per heavy atom. The van der Waals surface area contributed by atoms with Crippen LogP contribution in [0.2, 0.25) is 5.02 Å². The van der Waals surface area contributed by atoms with Gasteiger partial charge in [-0.2, -0.15) is 0 Å². The zero-order valence-corrected chi connectivity index (χ0v) is 21.0. The van der Waals surface area contributed by atoms with E-state index in [1.165, 1.54) is 16.0 Å². The molecule has 34 heavy (non-hydrogen) atoms. The molecular formula is C23H25ClN3O5S2+. The number of aromatic nitrogens is 1. The summed E-state index contributed by atoms with van der Waals surface area (Å²) < 4.78 is 27.3. The largest absolute Gasteiger partial charge is 0.477 e. The highest BCUT2D eigenvalue weighted by molar-refractivity contribution is 7.91. The van der Waals surface area contributed by atoms with E-state index in [0.29, 0.717) is 22.9 Å². The number of carbonyl (C=O) groups is 2. The van der Waals surface area contributed by atoms with Gasteiger partial charge in [-0.05, 0) is 59.4 Å². The first kappa shape index (κ1) is 24.6. The zero-order chi connectivity index (χ0) is 24.5. The first-order chi connectivity index (χ1) is 16.1. The average Bonchev–Trinajstić information content (AvgIpc) is 3.17. The number of sulfone groups is 1. The molecule has 2 aromatic carbocycles. The molecule has 11 heteroatoms. The van der Waals surface area contributed by atoms with Gasteiger partial charge in [-0.15, -0.1) is 4.59 Å². The number of nitrogens with zero attached hydrogens (tertiary/aromatic N) is 3. The number of benzene rings is 2. The van der Waals surface area contributed by atoms with Gasteiger partial charge in [0, 0.05) is 17.5 Å². The van der Waals surface area contributed by atoms with E-state index in [-0.39, 0.29) is 33.3 Å². The summed E-state index contributed by atoms with van der Waals surface area (Å²) in [7, 11) is -2.10. The number of hydrogen-bond donors (Lipinski definition) is 1. The maximum absolute atomic E-state index is 13.4. The van der Waals surface area contributed by atoms with Crippen LogP contribution in [0.25, 0.3) is 10.8 Å². The van der Waals surface area contributed by atoms with Gasteiger partial charge in [0.25, 0.3) is 0 Å². The number of amides is 1. The van der Waals surface area contributed by atoms with Crippen LogP contribution in [0.3, 0.4) is 0 Å². The van der Waals surface area contributed by atoms with Crippen molar-refractivity contribution in [3.8, 4) is 0 Å². The molecule has 180 valence electrons. The second kappa shape index (κ2) is 9.61. The van der Waals surface area contributed by atoms with E-state index in [2.05, 4.69) is 5.10 Å². The number of thiazole rings is 1. The summed E-state index contributed by atoms with van der Waals surface area (Å²) in [5.74, 6) is -1.67. The first-order valence-electron chi connectivity index (χ1n) is 10.9. The Bertz CT molecular complexity index is 1440. The Morgan fingerprint density at radius 1 is 1.12 bits per heavy atom. The molecule has 0 aliphatic carbocycles. The van der Waals surface area contributed by atoms with Crippen molar-refractivity contribution >= 4 is 55.4 Å². The van der Waals surface area contributed by atoms with Crippen LogP contribution in [-0.4, -0.2) is 53.4 Å². The number of quaternary nitrogens is 1. The highest BCUT2D eigenvalue weighted by Gasteiger charge is 2.40. The Balaban J connectivity index is 1.59. The van der Waals surface area contributed by atoms with Crippen LogP contribution >= 0.6 is 22.9 Å². The van der Waals surface area contributed by atoms with E-state index >= 15 is 0 Å². The molecule has 1 N–H and O–H groups in total. The van der Waals surface area contributed by atoms with Gasteiger partial charge in [-0.1, -0.05) is 35.1 Å². The number of carboxylic acid groups (broad SMARTS) is 1. The third kappa shape index (κ3) is 4.95. The number of hydrogen-bond acceptors (Lipinski definition) is 6. The fourth-order valence-corrected chi connectivity index (χ4v) is 6.57. The van der Waals surface area contributed by atoms with Gasteiger partial charge in [0.2, 0.25) is 4.80 Å². The van der Waals surface area contributed by atoms with E-state index in [4.69, 9.17) is 11.6 Å². The molecule has 8 nitrogen and oxygen atoms in total. The second-order valence-corrected chi connectivity index (χ2v) is 11.8. The van der Waals surface area contributed by atoms with Crippen LogP contribution in [-0.2, 0) is 21.7 Å². The number of carbonyl (C=O) groups excluding carboxylic acids is 1. The van der Waals surface area contributed by atoms with Gasteiger partial charge in [-0.25, -0.2) is 18.0 Å². The van der Waals surface area contributed by atoms with Crippen molar-refractivity contribution in [2.75, 3.05) is 18.8 Å². The second-order valence-electron chi connectivity index (χ2n) is 8.41. The summed E-state index contributed by atoms with van der Waals surface area (Å²) in [6.07, 6.45) is 2.37. The number of likely N-dealkylation sites (tertiary alicyclic amines) is 1. The van der Waals surface area contributed by atoms with E-state index < -0.39 is 15.8 Å². The smallest absolute Gasteiger partial charge is 0.353 e. The van der Waals surface area contributed by atoms with Crippen molar-refractivity contribution in [3.63, 3.8) is 0 Å². The van der Waals surface area contributed by atoms with Crippen molar-refractivity contribution in [2.24, 2.45) is 12.1 Å². The number of piperidine rings is 1. The maximum atomic E-state index is 13.4. The lowest BCUT2D eigenvalue weighted by molar-refractivity contribution is -0.869. The lowest BCUT2D eigenvalue weighted by Gasteiger charge is -2.32. The standard InChI is InChI=1S/C23H24ClN3O5S2/c1-26-20(22(29)30)15-33-23(26)25-27(10-3-2-4-11-27)21(28)9-12-34(31,32)19-8-6-16-13-18(24)7-5-17(16)14-19/h5-8,13-15H,2-4,9-12H2,1H3/p+1/b25-23-. The molecule has 1 aromatic heterocycles. The summed E-state index contributed by atoms with van der Waals surface area (Å²) in [5.41, 5.74) is 0.0894. The molecular weight excluding hydrogens is 498 g/mol. The van der Waals surface area contributed by atoms with Gasteiger partial charge in [0.15, 0.2) is 9.84 Å². The predicted octanol–water partition coefficient (Wildman–Crippen LogP) is 3.80. The number of carboxylic acids is 1. The van der Waals surface area contributed by atoms with E-state index in [0.717, 1.165) is 41.4 Å². The molecule has 0 atom stereocenters. The summed E-state index contributed by atoms with van der Waals surface area (Å²) in [6, 6.07) is 10.1. The molecule has 0 spiro atoms. The van der Waals surface area contributed by atoms with E-state index in [1.807, 2.05) is 0 Å². The molecule has 0 unspecified atom stereocenters. The van der Waals surface area contributed by atoms with Crippen molar-refractivity contribution in [1.29, 1.82) is 0 Å². The minimum absolute atomic E-state index is 0.0894. The van der Waals surface area contributed by atoms with Gasteiger partial charge in [0.1, 0.15) is 18.8 Å². The molecule has 1 aliphatic heterocycles. The lowest BCUT2D eigenvalue weighted by Crippen LogP contribution is -2.53. The Hall–Kier alpha value is -2.53.